The van der Waals surface area contributed by atoms with Gasteiger partial charge in [0.2, 0.25) is 0 Å². The first-order valence-electron chi connectivity index (χ1n) is 12.4. The maximum atomic E-state index is 13.7. The predicted octanol–water partition coefficient (Wildman–Crippen LogP) is 4.45. The summed E-state index contributed by atoms with van der Waals surface area (Å²) >= 11 is 0. The second kappa shape index (κ2) is 10.6. The van der Waals surface area contributed by atoms with Crippen molar-refractivity contribution in [3.8, 4) is 34.1 Å². The van der Waals surface area contributed by atoms with Gasteiger partial charge in [-0.25, -0.2) is 9.89 Å². The van der Waals surface area contributed by atoms with E-state index in [2.05, 4.69) is 34.5 Å². The fourth-order valence-electron chi connectivity index (χ4n) is 4.65. The molecule has 2 aromatic carbocycles. The van der Waals surface area contributed by atoms with Gasteiger partial charge in [0, 0.05) is 29.2 Å². The Labute approximate surface area is 214 Å². The summed E-state index contributed by atoms with van der Waals surface area (Å²) in [5.41, 5.74) is 6.30. The number of aromatic amines is 1. The Morgan fingerprint density at radius 1 is 1.00 bits per heavy atom. The summed E-state index contributed by atoms with van der Waals surface area (Å²) in [6.07, 6.45) is 6.30. The van der Waals surface area contributed by atoms with Crippen molar-refractivity contribution in [2.45, 2.75) is 39.7 Å². The number of H-pyrrole nitrogens is 1. The number of para-hydroxylation sites is 1. The maximum Gasteiger partial charge on any atom is 0.333 e. The van der Waals surface area contributed by atoms with Gasteiger partial charge in [-0.3, -0.25) is 14.1 Å². The van der Waals surface area contributed by atoms with E-state index in [0.717, 1.165) is 58.6 Å². The van der Waals surface area contributed by atoms with Crippen LogP contribution < -0.4 is 10.4 Å². The molecule has 5 rings (SSSR count). The second-order valence-electron chi connectivity index (χ2n) is 8.78. The SMILES string of the molecule is CCCc1cn(-c2c(CC)cccc2OC)c(=O)n1Cc1ccc(-c2ccccc2-c2nnn[nH]2)nc1. The van der Waals surface area contributed by atoms with Gasteiger partial charge in [0.25, 0.3) is 0 Å². The number of aryl methyl sites for hydroxylation is 2. The number of ether oxygens (including phenoxy) is 1. The minimum absolute atomic E-state index is 0.0881. The van der Waals surface area contributed by atoms with Gasteiger partial charge in [0.15, 0.2) is 5.82 Å². The molecule has 0 atom stereocenters. The first kappa shape index (κ1) is 24.2. The van der Waals surface area contributed by atoms with Crippen molar-refractivity contribution in [2.24, 2.45) is 0 Å². The quantitative estimate of drug-likeness (QED) is 0.324. The van der Waals surface area contributed by atoms with Crippen molar-refractivity contribution in [3.05, 3.63) is 94.3 Å². The molecule has 0 spiro atoms. The zero-order chi connectivity index (χ0) is 25.8. The lowest BCUT2D eigenvalue weighted by Crippen LogP contribution is -2.25. The Bertz CT molecular complexity index is 1530. The van der Waals surface area contributed by atoms with Gasteiger partial charge in [0.05, 0.1) is 25.0 Å². The van der Waals surface area contributed by atoms with E-state index in [-0.39, 0.29) is 5.69 Å². The first-order valence-corrected chi connectivity index (χ1v) is 12.4. The van der Waals surface area contributed by atoms with E-state index in [9.17, 15) is 4.79 Å². The van der Waals surface area contributed by atoms with Gasteiger partial charge in [-0.2, -0.15) is 0 Å². The van der Waals surface area contributed by atoms with Crippen molar-refractivity contribution < 1.29 is 4.74 Å². The van der Waals surface area contributed by atoms with Crippen molar-refractivity contribution in [1.29, 1.82) is 0 Å². The van der Waals surface area contributed by atoms with Crippen LogP contribution in [0.5, 0.6) is 5.75 Å². The average molecular weight is 496 g/mol. The van der Waals surface area contributed by atoms with E-state index in [0.29, 0.717) is 18.1 Å². The zero-order valence-corrected chi connectivity index (χ0v) is 21.2. The molecule has 1 N–H and O–H groups in total. The van der Waals surface area contributed by atoms with E-state index in [1.807, 2.05) is 71.6 Å². The minimum Gasteiger partial charge on any atom is -0.495 e. The Hall–Kier alpha value is -4.53. The summed E-state index contributed by atoms with van der Waals surface area (Å²) in [4.78, 5) is 18.4. The number of tetrazole rings is 1. The third-order valence-corrected chi connectivity index (χ3v) is 6.46. The molecule has 0 bridgehead atoms. The molecule has 0 saturated heterocycles. The van der Waals surface area contributed by atoms with Crippen LogP contribution in [0.15, 0.2) is 71.8 Å². The molecule has 0 aliphatic rings. The molecule has 9 heteroatoms. The van der Waals surface area contributed by atoms with E-state index in [1.165, 1.54) is 0 Å². The Balaban J connectivity index is 1.51. The summed E-state index contributed by atoms with van der Waals surface area (Å²) in [6, 6.07) is 17.7. The molecule has 188 valence electrons. The lowest BCUT2D eigenvalue weighted by Gasteiger charge is -2.13. The molecule has 0 aliphatic heterocycles. The Kier molecular flexibility index (Phi) is 6.93. The van der Waals surface area contributed by atoms with Gasteiger partial charge in [-0.1, -0.05) is 62.7 Å². The molecule has 0 saturated carbocycles. The summed E-state index contributed by atoms with van der Waals surface area (Å²) in [6.45, 7) is 4.63. The zero-order valence-electron chi connectivity index (χ0n) is 21.2. The number of hydrogen-bond acceptors (Lipinski definition) is 6. The highest BCUT2D eigenvalue weighted by molar-refractivity contribution is 5.78. The number of imidazole rings is 1. The van der Waals surface area contributed by atoms with Crippen LogP contribution in [0.25, 0.3) is 28.3 Å². The van der Waals surface area contributed by atoms with Crippen LogP contribution in [0.1, 0.15) is 37.1 Å². The second-order valence-corrected chi connectivity index (χ2v) is 8.78. The summed E-state index contributed by atoms with van der Waals surface area (Å²) in [5.74, 6) is 1.27. The molecule has 0 radical (unpaired) electrons. The number of pyridine rings is 1. The molecular formula is C28H29N7O2. The van der Waals surface area contributed by atoms with Crippen molar-refractivity contribution in [1.82, 2.24) is 34.7 Å². The lowest BCUT2D eigenvalue weighted by molar-refractivity contribution is 0.412. The molecule has 9 nitrogen and oxygen atoms in total. The standard InChI is InChI=1S/C28H29N7O2/c1-4-9-21-18-35(26-20(5-2)10-8-13-25(26)37-3)28(36)34(21)17-19-14-15-24(29-16-19)22-11-6-7-12-23(22)27-30-32-33-31-27/h6-8,10-16,18H,4-5,9,17H2,1-3H3,(H,30,31,32,33). The number of nitrogens with zero attached hydrogens (tertiary/aromatic N) is 6. The van der Waals surface area contributed by atoms with Crippen LogP contribution in [0.3, 0.4) is 0 Å². The number of methoxy groups -OCH3 is 1. The fourth-order valence-corrected chi connectivity index (χ4v) is 4.65. The van der Waals surface area contributed by atoms with Crippen LogP contribution in [0.4, 0.5) is 0 Å². The van der Waals surface area contributed by atoms with Crippen molar-refractivity contribution in [2.75, 3.05) is 7.11 Å². The maximum absolute atomic E-state index is 13.7. The summed E-state index contributed by atoms with van der Waals surface area (Å²) in [5, 5.41) is 14.2. The summed E-state index contributed by atoms with van der Waals surface area (Å²) < 4.78 is 9.18. The number of aromatic nitrogens is 7. The molecular weight excluding hydrogens is 466 g/mol. The van der Waals surface area contributed by atoms with Gasteiger partial charge in [-0.05, 0) is 46.5 Å². The third kappa shape index (κ3) is 4.67. The van der Waals surface area contributed by atoms with Crippen LogP contribution >= 0.6 is 0 Å². The largest absolute Gasteiger partial charge is 0.495 e. The normalized spacial score (nSPS) is 11.1. The van der Waals surface area contributed by atoms with Crippen LogP contribution in [-0.2, 0) is 19.4 Å². The van der Waals surface area contributed by atoms with Crippen LogP contribution in [0.2, 0.25) is 0 Å². The monoisotopic (exact) mass is 495 g/mol. The highest BCUT2D eigenvalue weighted by atomic mass is 16.5. The van der Waals surface area contributed by atoms with Crippen LogP contribution in [-0.4, -0.2) is 41.9 Å². The molecule has 5 aromatic rings. The molecule has 37 heavy (non-hydrogen) atoms. The van der Waals surface area contributed by atoms with E-state index >= 15 is 0 Å². The highest BCUT2D eigenvalue weighted by Crippen LogP contribution is 2.29. The molecule has 0 amide bonds. The Morgan fingerprint density at radius 3 is 2.51 bits per heavy atom. The molecule has 3 heterocycles. The van der Waals surface area contributed by atoms with E-state index in [4.69, 9.17) is 9.72 Å². The molecule has 0 unspecified atom stereocenters. The fraction of sp³-hybridized carbons (Fsp3) is 0.250. The Morgan fingerprint density at radius 2 is 1.84 bits per heavy atom. The van der Waals surface area contributed by atoms with Gasteiger partial charge in [0.1, 0.15) is 5.75 Å². The molecule has 3 aromatic heterocycles. The first-order chi connectivity index (χ1) is 18.1. The van der Waals surface area contributed by atoms with Gasteiger partial charge < -0.3 is 4.74 Å². The number of nitrogens with one attached hydrogen (secondary N) is 1. The van der Waals surface area contributed by atoms with Crippen molar-refractivity contribution in [3.63, 3.8) is 0 Å². The molecule has 0 fully saturated rings. The van der Waals surface area contributed by atoms with E-state index in [1.54, 1.807) is 11.7 Å². The third-order valence-electron chi connectivity index (χ3n) is 6.46. The number of benzene rings is 2. The van der Waals surface area contributed by atoms with E-state index < -0.39 is 0 Å². The van der Waals surface area contributed by atoms with Gasteiger partial charge >= 0.3 is 5.69 Å². The van der Waals surface area contributed by atoms with Crippen molar-refractivity contribution >= 4 is 0 Å². The van der Waals surface area contributed by atoms with Gasteiger partial charge in [-0.15, -0.1) is 5.10 Å². The molecule has 0 aliphatic carbocycles. The minimum atomic E-state index is -0.0881. The summed E-state index contributed by atoms with van der Waals surface area (Å²) in [7, 11) is 1.64. The highest BCUT2D eigenvalue weighted by Gasteiger charge is 2.18. The number of rotatable bonds is 9. The average Bonchev–Trinajstić information content (AvgIpc) is 3.58. The number of hydrogen-bond donors (Lipinski definition) is 1. The topological polar surface area (TPSA) is 104 Å². The van der Waals surface area contributed by atoms with Crippen LogP contribution in [0, 0.1) is 0 Å². The predicted molar refractivity (Wildman–Crippen MR) is 142 cm³/mol. The lowest BCUT2D eigenvalue weighted by atomic mass is 10.0. The smallest absolute Gasteiger partial charge is 0.333 e.